The number of rotatable bonds is 3. The van der Waals surface area contributed by atoms with Crippen LogP contribution in [-0.4, -0.2) is 16.8 Å². The number of hydrogen-bond acceptors (Lipinski definition) is 6. The minimum atomic E-state index is -0.805. The van der Waals surface area contributed by atoms with Crippen molar-refractivity contribution in [3.63, 3.8) is 0 Å². The Kier molecular flexibility index (Phi) is 5.14. The Bertz CT molecular complexity index is 954. The van der Waals surface area contributed by atoms with Crippen molar-refractivity contribution in [2.45, 2.75) is 4.90 Å². The second-order valence-electron chi connectivity index (χ2n) is 4.48. The number of aromatic nitrogens is 1. The van der Waals surface area contributed by atoms with Crippen LogP contribution in [0.25, 0.3) is 0 Å². The van der Waals surface area contributed by atoms with Crippen LogP contribution < -0.4 is 16.7 Å². The van der Waals surface area contributed by atoms with Crippen LogP contribution in [0.4, 0.5) is 5.82 Å². The third-order valence-corrected chi connectivity index (χ3v) is 4.18. The maximum absolute atomic E-state index is 12.4. The van der Waals surface area contributed by atoms with Gasteiger partial charge in [-0.25, -0.2) is 0 Å². The molecular formula is C15H10ClN5O2S. The summed E-state index contributed by atoms with van der Waals surface area (Å²) in [4.78, 5) is 24.8. The van der Waals surface area contributed by atoms with Crippen LogP contribution in [0.3, 0.4) is 0 Å². The normalized spacial score (nSPS) is 9.83. The Hall–Kier alpha value is -2.94. The number of nitrogens with zero attached hydrogens (tertiary/aromatic N) is 3. The smallest absolute Gasteiger partial charge is 0.290 e. The van der Waals surface area contributed by atoms with Crippen molar-refractivity contribution in [2.24, 2.45) is 0 Å². The Balaban J connectivity index is 2.57. The maximum atomic E-state index is 12.4. The van der Waals surface area contributed by atoms with Crippen molar-refractivity contribution < 1.29 is 4.79 Å². The Morgan fingerprint density at radius 3 is 2.33 bits per heavy atom. The molecule has 0 unspecified atom stereocenters. The average Bonchev–Trinajstić information content (AvgIpc) is 2.58. The Labute approximate surface area is 146 Å². The van der Waals surface area contributed by atoms with Gasteiger partial charge in [0.05, 0.1) is 4.90 Å². The van der Waals surface area contributed by atoms with Gasteiger partial charge in [0, 0.05) is 10.6 Å². The maximum Gasteiger partial charge on any atom is 0.290 e. The van der Waals surface area contributed by atoms with E-state index in [2.05, 4.69) is 5.43 Å². The fraction of sp³-hybridized carbons (Fsp3) is 0.0667. The summed E-state index contributed by atoms with van der Waals surface area (Å²) in [6.07, 6.45) is 1.62. The molecule has 0 bridgehead atoms. The molecule has 0 aliphatic heterocycles. The number of halogens is 1. The topological polar surface area (TPSA) is 125 Å². The highest BCUT2D eigenvalue weighted by molar-refractivity contribution is 7.98. The average molecular weight is 360 g/mol. The molecule has 120 valence electrons. The predicted octanol–water partition coefficient (Wildman–Crippen LogP) is 1.93. The van der Waals surface area contributed by atoms with Gasteiger partial charge in [-0.2, -0.15) is 15.2 Å². The fourth-order valence-corrected chi connectivity index (χ4v) is 2.78. The van der Waals surface area contributed by atoms with Gasteiger partial charge in [0.25, 0.3) is 11.5 Å². The quantitative estimate of drug-likeness (QED) is 0.806. The molecule has 9 heteroatoms. The van der Waals surface area contributed by atoms with Crippen molar-refractivity contribution >= 4 is 35.1 Å². The van der Waals surface area contributed by atoms with Crippen molar-refractivity contribution in [1.29, 1.82) is 10.5 Å². The molecular weight excluding hydrogens is 350 g/mol. The summed E-state index contributed by atoms with van der Waals surface area (Å²) in [6.45, 7) is 0. The SMILES string of the molecule is CSc1c(C#N)c(N)n(NC(=O)c2ccc(Cl)cc2)c(=O)c1C#N. The van der Waals surface area contributed by atoms with E-state index in [4.69, 9.17) is 17.3 Å². The summed E-state index contributed by atoms with van der Waals surface area (Å²) in [7, 11) is 0. The highest BCUT2D eigenvalue weighted by atomic mass is 35.5. The first-order valence-electron chi connectivity index (χ1n) is 6.44. The van der Waals surface area contributed by atoms with E-state index in [1.807, 2.05) is 6.07 Å². The highest BCUT2D eigenvalue weighted by Crippen LogP contribution is 2.25. The molecule has 0 spiro atoms. The minimum Gasteiger partial charge on any atom is -0.382 e. The molecule has 1 aromatic carbocycles. The zero-order chi connectivity index (χ0) is 17.9. The highest BCUT2D eigenvalue weighted by Gasteiger charge is 2.21. The van der Waals surface area contributed by atoms with E-state index < -0.39 is 11.5 Å². The van der Waals surface area contributed by atoms with Gasteiger partial charge in [0.2, 0.25) is 0 Å². The van der Waals surface area contributed by atoms with Crippen LogP contribution in [-0.2, 0) is 0 Å². The number of carbonyl (C=O) groups excluding carboxylic acids is 1. The molecule has 7 nitrogen and oxygen atoms in total. The molecule has 0 fully saturated rings. The number of nitrogen functional groups attached to an aromatic ring is 1. The van der Waals surface area contributed by atoms with Crippen LogP contribution >= 0.6 is 23.4 Å². The van der Waals surface area contributed by atoms with E-state index >= 15 is 0 Å². The summed E-state index contributed by atoms with van der Waals surface area (Å²) < 4.78 is 0.702. The molecule has 1 heterocycles. The van der Waals surface area contributed by atoms with Crippen molar-refractivity contribution in [3.8, 4) is 12.1 Å². The second kappa shape index (κ2) is 7.09. The number of nitrogens with two attached hydrogens (primary N) is 1. The molecule has 2 rings (SSSR count). The van der Waals surface area contributed by atoms with Gasteiger partial charge in [0.1, 0.15) is 29.1 Å². The van der Waals surface area contributed by atoms with Crippen molar-refractivity contribution in [2.75, 3.05) is 17.4 Å². The van der Waals surface area contributed by atoms with Crippen molar-refractivity contribution in [1.82, 2.24) is 4.68 Å². The van der Waals surface area contributed by atoms with E-state index in [-0.39, 0.29) is 27.4 Å². The number of thioether (sulfide) groups is 1. The summed E-state index contributed by atoms with van der Waals surface area (Å²) >= 11 is 6.82. The molecule has 2 aromatic rings. The number of benzene rings is 1. The molecule has 24 heavy (non-hydrogen) atoms. The first-order valence-corrected chi connectivity index (χ1v) is 8.04. The Morgan fingerprint density at radius 1 is 1.25 bits per heavy atom. The molecule has 0 aliphatic carbocycles. The molecule has 0 atom stereocenters. The summed E-state index contributed by atoms with van der Waals surface area (Å²) in [5, 5.41) is 18.9. The number of nitrogens with one attached hydrogen (secondary N) is 1. The predicted molar refractivity (Wildman–Crippen MR) is 91.5 cm³/mol. The summed E-state index contributed by atoms with van der Waals surface area (Å²) in [5.74, 6) is -0.877. The van der Waals surface area contributed by atoms with Crippen LogP contribution in [0, 0.1) is 22.7 Å². The van der Waals surface area contributed by atoms with Gasteiger partial charge < -0.3 is 5.73 Å². The van der Waals surface area contributed by atoms with Gasteiger partial charge >= 0.3 is 0 Å². The van der Waals surface area contributed by atoms with Crippen LogP contribution in [0.1, 0.15) is 21.5 Å². The lowest BCUT2D eigenvalue weighted by molar-refractivity contribution is 0.101. The van der Waals surface area contributed by atoms with Gasteiger partial charge in [-0.15, -0.1) is 11.8 Å². The summed E-state index contributed by atoms with van der Waals surface area (Å²) in [6, 6.07) is 9.56. The third-order valence-electron chi connectivity index (χ3n) is 3.12. The number of amides is 1. The molecule has 0 saturated heterocycles. The third kappa shape index (κ3) is 3.06. The molecule has 0 aliphatic rings. The zero-order valence-electron chi connectivity index (χ0n) is 12.3. The van der Waals surface area contributed by atoms with Gasteiger partial charge in [-0.3, -0.25) is 15.0 Å². The molecule has 0 saturated carbocycles. The number of hydrogen-bond donors (Lipinski definition) is 2. The molecule has 1 amide bonds. The van der Waals surface area contributed by atoms with Gasteiger partial charge in [-0.05, 0) is 30.5 Å². The first-order chi connectivity index (χ1) is 11.4. The zero-order valence-corrected chi connectivity index (χ0v) is 13.9. The van der Waals surface area contributed by atoms with E-state index in [1.54, 1.807) is 12.3 Å². The van der Waals surface area contributed by atoms with Crippen LogP contribution in [0.2, 0.25) is 5.02 Å². The van der Waals surface area contributed by atoms with Crippen molar-refractivity contribution in [3.05, 3.63) is 56.3 Å². The van der Waals surface area contributed by atoms with E-state index in [1.165, 1.54) is 24.3 Å². The Morgan fingerprint density at radius 2 is 1.83 bits per heavy atom. The monoisotopic (exact) mass is 359 g/mol. The summed E-state index contributed by atoms with van der Waals surface area (Å²) in [5.41, 5.74) is 7.25. The van der Waals surface area contributed by atoms with Crippen LogP contribution in [0.15, 0.2) is 34.0 Å². The molecule has 1 aromatic heterocycles. The standard InChI is InChI=1S/C15H10ClN5O2S/c1-24-12-10(6-17)13(19)21(15(23)11(12)7-18)20-14(22)8-2-4-9(16)5-3-8/h2-5H,19H2,1H3,(H,20,22). The van der Waals surface area contributed by atoms with Gasteiger partial charge in [0.15, 0.2) is 0 Å². The largest absolute Gasteiger partial charge is 0.382 e. The van der Waals surface area contributed by atoms with E-state index in [0.29, 0.717) is 9.70 Å². The minimum absolute atomic E-state index is 0.0462. The number of pyridine rings is 1. The number of carbonyl (C=O) groups is 1. The van der Waals surface area contributed by atoms with Crippen LogP contribution in [0.5, 0.6) is 0 Å². The number of nitriles is 2. The number of anilines is 1. The van der Waals surface area contributed by atoms with E-state index in [0.717, 1.165) is 11.8 Å². The lowest BCUT2D eigenvalue weighted by atomic mass is 10.2. The molecule has 0 radical (unpaired) electrons. The fourth-order valence-electron chi connectivity index (χ4n) is 1.96. The molecule has 3 N–H and O–H groups in total. The van der Waals surface area contributed by atoms with Gasteiger partial charge in [-0.1, -0.05) is 11.6 Å². The first kappa shape index (κ1) is 17.4. The lowest BCUT2D eigenvalue weighted by Crippen LogP contribution is -2.37. The van der Waals surface area contributed by atoms with E-state index in [9.17, 15) is 20.1 Å². The second-order valence-corrected chi connectivity index (χ2v) is 5.73. The lowest BCUT2D eigenvalue weighted by Gasteiger charge is -2.15.